The summed E-state index contributed by atoms with van der Waals surface area (Å²) >= 11 is 2.76. The van der Waals surface area contributed by atoms with Crippen LogP contribution in [-0.4, -0.2) is 37.4 Å². The van der Waals surface area contributed by atoms with Crippen LogP contribution in [0.1, 0.15) is 38.0 Å². The molecule has 0 bridgehead atoms. The van der Waals surface area contributed by atoms with Crippen molar-refractivity contribution in [1.82, 2.24) is 15.0 Å². The van der Waals surface area contributed by atoms with Gasteiger partial charge in [0.2, 0.25) is 0 Å². The summed E-state index contributed by atoms with van der Waals surface area (Å²) in [4.78, 5) is 31.7. The Kier molecular flexibility index (Phi) is 7.90. The maximum absolute atomic E-state index is 11.2. The molecule has 0 aliphatic heterocycles. The molecule has 0 aliphatic rings. The molecule has 12 heteroatoms. The number of nitrogen functional groups attached to an aromatic ring is 1. The van der Waals surface area contributed by atoms with Crippen LogP contribution in [0.4, 0.5) is 10.9 Å². The third-order valence-electron chi connectivity index (χ3n) is 4.34. The molecule has 2 heterocycles. The summed E-state index contributed by atoms with van der Waals surface area (Å²) in [6.45, 7) is 5.96. The van der Waals surface area contributed by atoms with Gasteiger partial charge in [0, 0.05) is 5.25 Å². The lowest BCUT2D eigenvalue weighted by Gasteiger charge is -2.22. The van der Waals surface area contributed by atoms with E-state index in [-0.39, 0.29) is 23.8 Å². The van der Waals surface area contributed by atoms with E-state index in [4.69, 9.17) is 20.0 Å². The van der Waals surface area contributed by atoms with Crippen LogP contribution < -0.4 is 11.1 Å². The second-order valence-electron chi connectivity index (χ2n) is 7.49. The molecule has 0 fully saturated rings. The van der Waals surface area contributed by atoms with Crippen LogP contribution >= 0.6 is 30.9 Å². The lowest BCUT2D eigenvalue weighted by Crippen LogP contribution is -2.27. The van der Waals surface area contributed by atoms with Crippen molar-refractivity contribution in [3.05, 3.63) is 35.9 Å². The number of nitrogens with one attached hydrogen (secondary N) is 1. The average Bonchev–Trinajstić information content (AvgIpc) is 3.06. The lowest BCUT2D eigenvalue weighted by atomic mass is 10.0. The number of fused-ring (bicyclic) bond motifs is 1. The van der Waals surface area contributed by atoms with Gasteiger partial charge in [-0.15, -0.1) is 0 Å². The fourth-order valence-electron chi connectivity index (χ4n) is 3.04. The Morgan fingerprint density at radius 1 is 1.19 bits per heavy atom. The molecule has 0 radical (unpaired) electrons. The molecule has 2 atom stereocenters. The molecule has 0 spiro atoms. The van der Waals surface area contributed by atoms with Gasteiger partial charge in [-0.1, -0.05) is 67.3 Å². The lowest BCUT2D eigenvalue weighted by molar-refractivity contribution is 0.184. The molecular formula is C19H26N5O4PS2. The number of anilines is 2. The van der Waals surface area contributed by atoms with Crippen LogP contribution in [0.5, 0.6) is 0 Å². The van der Waals surface area contributed by atoms with E-state index < -0.39 is 7.82 Å². The predicted molar refractivity (Wildman–Crippen MR) is 125 cm³/mol. The van der Waals surface area contributed by atoms with E-state index in [1.54, 1.807) is 0 Å². The van der Waals surface area contributed by atoms with E-state index in [0.717, 1.165) is 5.56 Å². The van der Waals surface area contributed by atoms with Gasteiger partial charge in [-0.3, -0.25) is 4.52 Å². The van der Waals surface area contributed by atoms with Crippen LogP contribution in [0.2, 0.25) is 0 Å². The zero-order valence-corrected chi connectivity index (χ0v) is 20.0. The van der Waals surface area contributed by atoms with E-state index >= 15 is 0 Å². The van der Waals surface area contributed by atoms with E-state index in [1.165, 1.54) is 23.1 Å². The molecule has 0 saturated heterocycles. The minimum atomic E-state index is -4.58. The highest BCUT2D eigenvalue weighted by atomic mass is 32.2. The average molecular weight is 484 g/mol. The molecule has 9 nitrogen and oxygen atoms in total. The first-order chi connectivity index (χ1) is 14.6. The molecule has 31 heavy (non-hydrogen) atoms. The Morgan fingerprint density at radius 2 is 1.90 bits per heavy atom. The van der Waals surface area contributed by atoms with Gasteiger partial charge in [-0.05, 0) is 24.8 Å². The summed E-state index contributed by atoms with van der Waals surface area (Å²) < 4.78 is 16.6. The first kappa shape index (κ1) is 23.9. The van der Waals surface area contributed by atoms with Gasteiger partial charge in [-0.2, -0.15) is 0 Å². The molecule has 3 rings (SSSR count). The monoisotopic (exact) mass is 483 g/mol. The minimum absolute atomic E-state index is 0.118. The topological polar surface area (TPSA) is 143 Å². The number of phosphoric acid groups is 1. The summed E-state index contributed by atoms with van der Waals surface area (Å²) in [5.74, 6) is 0.801. The Hall–Kier alpha value is -1.75. The zero-order valence-electron chi connectivity index (χ0n) is 17.4. The Labute approximate surface area is 189 Å². The van der Waals surface area contributed by atoms with Crippen molar-refractivity contribution in [2.24, 2.45) is 5.92 Å². The normalized spacial score (nSPS) is 14.1. The molecular weight excluding hydrogens is 457 g/mol. The van der Waals surface area contributed by atoms with E-state index in [9.17, 15) is 4.57 Å². The third kappa shape index (κ3) is 7.13. The van der Waals surface area contributed by atoms with Crippen molar-refractivity contribution >= 4 is 52.2 Å². The van der Waals surface area contributed by atoms with Crippen molar-refractivity contribution < 1.29 is 18.9 Å². The number of rotatable bonds is 10. The highest BCUT2D eigenvalue weighted by Crippen LogP contribution is 2.38. The fraction of sp³-hybridized carbons (Fsp3) is 0.421. The fourth-order valence-corrected chi connectivity index (χ4v) is 5.03. The predicted octanol–water partition coefficient (Wildman–Crippen LogP) is 4.46. The Bertz CT molecular complexity index is 1060. The Balaban J connectivity index is 1.89. The van der Waals surface area contributed by atoms with Crippen LogP contribution in [0.25, 0.3) is 10.3 Å². The van der Waals surface area contributed by atoms with Crippen LogP contribution in [-0.2, 0) is 9.09 Å². The van der Waals surface area contributed by atoms with Crippen LogP contribution in [0.15, 0.2) is 35.5 Å². The van der Waals surface area contributed by atoms with Crippen molar-refractivity contribution in [3.8, 4) is 0 Å². The first-order valence-electron chi connectivity index (χ1n) is 9.73. The summed E-state index contributed by atoms with van der Waals surface area (Å²) in [6, 6.07) is 9.68. The number of nitrogens with two attached hydrogens (primary N) is 1. The number of thioether (sulfide) groups is 1. The van der Waals surface area contributed by atoms with Gasteiger partial charge in [0.25, 0.3) is 0 Å². The first-order valence-corrected chi connectivity index (χ1v) is 13.0. The largest absolute Gasteiger partial charge is 0.469 e. The van der Waals surface area contributed by atoms with Crippen molar-refractivity contribution in [2.45, 2.75) is 43.6 Å². The molecule has 168 valence electrons. The van der Waals surface area contributed by atoms with Crippen molar-refractivity contribution in [2.75, 3.05) is 17.7 Å². The van der Waals surface area contributed by atoms with Crippen molar-refractivity contribution in [1.29, 1.82) is 0 Å². The maximum atomic E-state index is 11.2. The summed E-state index contributed by atoms with van der Waals surface area (Å²) in [7, 11) is -4.58. The molecule has 3 aromatic rings. The van der Waals surface area contributed by atoms with Gasteiger partial charge >= 0.3 is 7.82 Å². The molecule has 0 amide bonds. The standard InChI is InChI=1S/C19H26N5O4PS2/c1-11(2)9-14(10-28-29(25,26)27)21-16-15-17(22-18(20)31-15)24-19(23-16)30-12(3)13-7-5-4-6-8-13/h4-8,11-12,14H,9-10H2,1-3H3,(H2,25,26,27)(H3,20,21,22,23,24)/t12-,14+/m0/s1. The Morgan fingerprint density at radius 3 is 2.55 bits per heavy atom. The minimum Gasteiger partial charge on any atom is -0.375 e. The van der Waals surface area contributed by atoms with E-state index in [0.29, 0.717) is 32.9 Å². The van der Waals surface area contributed by atoms with Gasteiger partial charge in [0.1, 0.15) is 4.70 Å². The summed E-state index contributed by atoms with van der Waals surface area (Å²) in [5.41, 5.74) is 7.54. The van der Waals surface area contributed by atoms with Gasteiger partial charge in [0.05, 0.1) is 12.6 Å². The maximum Gasteiger partial charge on any atom is 0.469 e. The summed E-state index contributed by atoms with van der Waals surface area (Å²) in [6.07, 6.45) is 0.628. The second kappa shape index (κ2) is 10.2. The third-order valence-corrected chi connectivity index (χ3v) is 6.73. The second-order valence-corrected chi connectivity index (χ2v) is 11.1. The van der Waals surface area contributed by atoms with E-state index in [2.05, 4.69) is 27.2 Å². The number of benzene rings is 1. The molecule has 0 saturated carbocycles. The number of nitrogens with zero attached hydrogens (tertiary/aromatic N) is 3. The SMILES string of the molecule is CC(C)C[C@H](COP(=O)(O)O)Nc1nc(S[C@@H](C)c2ccccc2)nc2nc(N)sc12. The van der Waals surface area contributed by atoms with Gasteiger partial charge in [0.15, 0.2) is 21.8 Å². The zero-order chi connectivity index (χ0) is 22.6. The number of aromatic nitrogens is 3. The number of hydrogen-bond donors (Lipinski definition) is 4. The quantitative estimate of drug-likeness (QED) is 0.185. The molecule has 1 aromatic carbocycles. The number of phosphoric ester groups is 1. The highest BCUT2D eigenvalue weighted by Gasteiger charge is 2.22. The van der Waals surface area contributed by atoms with Gasteiger partial charge < -0.3 is 20.8 Å². The highest BCUT2D eigenvalue weighted by molar-refractivity contribution is 7.99. The van der Waals surface area contributed by atoms with E-state index in [1.807, 2.05) is 44.2 Å². The smallest absolute Gasteiger partial charge is 0.375 e. The number of hydrogen-bond acceptors (Lipinski definition) is 9. The van der Waals surface area contributed by atoms with Crippen molar-refractivity contribution in [3.63, 3.8) is 0 Å². The van der Waals surface area contributed by atoms with Crippen LogP contribution in [0.3, 0.4) is 0 Å². The molecule has 0 aliphatic carbocycles. The molecule has 5 N–H and O–H groups in total. The number of thiazole rings is 1. The summed E-state index contributed by atoms with van der Waals surface area (Å²) in [5, 5.41) is 4.30. The molecule has 2 aromatic heterocycles. The molecule has 0 unspecified atom stereocenters. The van der Waals surface area contributed by atoms with Gasteiger partial charge in [-0.25, -0.2) is 19.5 Å². The van der Waals surface area contributed by atoms with Crippen LogP contribution in [0, 0.1) is 5.92 Å².